The van der Waals surface area contributed by atoms with Crippen molar-refractivity contribution in [1.82, 2.24) is 10.3 Å². The highest BCUT2D eigenvalue weighted by Crippen LogP contribution is 2.42. The molecule has 7 nitrogen and oxygen atoms in total. The lowest BCUT2D eigenvalue weighted by Gasteiger charge is -2.44. The van der Waals surface area contributed by atoms with Gasteiger partial charge in [-0.2, -0.15) is 0 Å². The molecule has 27 heavy (non-hydrogen) atoms. The lowest BCUT2D eigenvalue weighted by atomic mass is 9.93. The lowest BCUT2D eigenvalue weighted by molar-refractivity contribution is -0.158. The van der Waals surface area contributed by atoms with Crippen molar-refractivity contribution in [3.05, 3.63) is 30.1 Å². The number of rotatable bonds is 7. The molecule has 0 fully saturated rings. The van der Waals surface area contributed by atoms with Crippen molar-refractivity contribution < 1.29 is 23.9 Å². The molecule has 0 radical (unpaired) electrons. The number of carbonyl (C=O) groups is 2. The summed E-state index contributed by atoms with van der Waals surface area (Å²) in [4.78, 5) is 28.8. The maximum atomic E-state index is 12.3. The van der Waals surface area contributed by atoms with Crippen molar-refractivity contribution in [2.75, 3.05) is 0 Å². The highest BCUT2D eigenvalue weighted by atomic mass is 28.4. The van der Waals surface area contributed by atoms with Crippen LogP contribution in [0.1, 0.15) is 53.3 Å². The van der Waals surface area contributed by atoms with Crippen LogP contribution in [-0.4, -0.2) is 42.2 Å². The Kier molecular flexibility index (Phi) is 7.18. The molecule has 1 heterocycles. The minimum Gasteiger partial charge on any atom is -0.479 e. The van der Waals surface area contributed by atoms with Crippen molar-refractivity contribution >= 4 is 20.4 Å². The van der Waals surface area contributed by atoms with Gasteiger partial charge in [0.15, 0.2) is 13.9 Å². The highest BCUT2D eigenvalue weighted by Gasteiger charge is 2.52. The summed E-state index contributed by atoms with van der Waals surface area (Å²) in [7, 11) is -2.48. The number of hydrogen-bond donors (Lipinski definition) is 2. The second-order valence-corrected chi connectivity index (χ2v) is 13.3. The van der Waals surface area contributed by atoms with Crippen molar-refractivity contribution in [3.63, 3.8) is 0 Å². The highest BCUT2D eigenvalue weighted by molar-refractivity contribution is 6.74. The Balaban J connectivity index is 3.40. The molecule has 1 aromatic rings. The number of alkyl carbamates (subject to hydrolysis) is 1. The molecule has 0 aliphatic rings. The van der Waals surface area contributed by atoms with E-state index in [1.54, 1.807) is 38.2 Å². The molecule has 2 atom stereocenters. The van der Waals surface area contributed by atoms with Crippen LogP contribution in [-0.2, 0) is 14.0 Å². The number of aliphatic carboxylic acids is 1. The van der Waals surface area contributed by atoms with Gasteiger partial charge in [-0.1, -0.05) is 26.8 Å². The van der Waals surface area contributed by atoms with Crippen LogP contribution in [0, 0.1) is 0 Å². The van der Waals surface area contributed by atoms with E-state index in [0.29, 0.717) is 5.69 Å². The zero-order valence-electron chi connectivity index (χ0n) is 17.5. The standard InChI is InChI=1S/C19H32N2O5Si/c1-13(2)25-17(24)21-15(14-11-9-10-12-20-14)19(6,16(22)23)26-27(7,8)18(3,4)5/h9-13,15H,1-8H3,(H,21,24)(H,22,23)/t15-,19+/m0/s1. The molecule has 0 saturated carbocycles. The molecule has 0 aromatic carbocycles. The van der Waals surface area contributed by atoms with Crippen LogP contribution in [0.4, 0.5) is 4.79 Å². The number of amides is 1. The van der Waals surface area contributed by atoms with Crippen molar-refractivity contribution in [1.29, 1.82) is 0 Å². The van der Waals surface area contributed by atoms with Gasteiger partial charge in [-0.05, 0) is 51.0 Å². The molecule has 0 aliphatic heterocycles. The molecule has 0 spiro atoms. The predicted molar refractivity (Wildman–Crippen MR) is 106 cm³/mol. The SMILES string of the molecule is CC(C)OC(=O)N[C@@H](c1ccccn1)[C@@](C)(O[Si](C)(C)C(C)(C)C)C(=O)O. The third kappa shape index (κ3) is 5.77. The number of ether oxygens (including phenoxy) is 1. The minimum absolute atomic E-state index is 0.211. The minimum atomic E-state index is -2.48. The number of aromatic nitrogens is 1. The summed E-state index contributed by atoms with van der Waals surface area (Å²) < 4.78 is 11.5. The van der Waals surface area contributed by atoms with Crippen LogP contribution in [0.15, 0.2) is 24.4 Å². The fourth-order valence-corrected chi connectivity index (χ4v) is 3.89. The molecule has 8 heteroatoms. The Morgan fingerprint density at radius 2 is 1.78 bits per heavy atom. The Morgan fingerprint density at radius 3 is 2.19 bits per heavy atom. The molecular weight excluding hydrogens is 364 g/mol. The normalized spacial score (nSPS) is 15.7. The molecule has 0 saturated heterocycles. The molecule has 1 aromatic heterocycles. The Bertz CT molecular complexity index is 658. The van der Waals surface area contributed by atoms with Crippen molar-refractivity contribution in [2.24, 2.45) is 0 Å². The number of carbonyl (C=O) groups excluding carboxylic acids is 1. The maximum absolute atomic E-state index is 12.3. The fourth-order valence-electron chi connectivity index (χ4n) is 2.32. The van der Waals surface area contributed by atoms with Gasteiger partial charge in [0.2, 0.25) is 0 Å². The van der Waals surface area contributed by atoms with E-state index in [1.165, 1.54) is 6.92 Å². The van der Waals surface area contributed by atoms with Gasteiger partial charge >= 0.3 is 12.1 Å². The quantitative estimate of drug-likeness (QED) is 0.673. The van der Waals surface area contributed by atoms with Crippen LogP contribution < -0.4 is 5.32 Å². The number of pyridine rings is 1. The first kappa shape index (κ1) is 23.1. The summed E-state index contributed by atoms with van der Waals surface area (Å²) in [6, 6.07) is 4.10. The largest absolute Gasteiger partial charge is 0.479 e. The number of carboxylic acids is 1. The van der Waals surface area contributed by atoms with Gasteiger partial charge in [-0.25, -0.2) is 9.59 Å². The van der Waals surface area contributed by atoms with Gasteiger partial charge in [0.25, 0.3) is 0 Å². The smallest absolute Gasteiger partial charge is 0.408 e. The Hall–Kier alpha value is -1.93. The van der Waals surface area contributed by atoms with Crippen LogP contribution in [0.25, 0.3) is 0 Å². The second-order valence-electron chi connectivity index (χ2n) is 8.56. The molecule has 1 rings (SSSR count). The van der Waals surface area contributed by atoms with Crippen LogP contribution >= 0.6 is 0 Å². The summed E-state index contributed by atoms with van der Waals surface area (Å²) in [6.45, 7) is 14.9. The van der Waals surface area contributed by atoms with Gasteiger partial charge in [-0.3, -0.25) is 4.98 Å². The van der Waals surface area contributed by atoms with Crippen molar-refractivity contribution in [2.45, 2.75) is 77.4 Å². The average molecular weight is 397 g/mol. The van der Waals surface area contributed by atoms with E-state index in [2.05, 4.69) is 10.3 Å². The maximum Gasteiger partial charge on any atom is 0.408 e. The third-order valence-electron chi connectivity index (χ3n) is 4.84. The Morgan fingerprint density at radius 1 is 1.19 bits per heavy atom. The zero-order chi connectivity index (χ0) is 21.0. The topological polar surface area (TPSA) is 97.8 Å². The first-order valence-corrected chi connectivity index (χ1v) is 11.9. The van der Waals surface area contributed by atoms with Crippen LogP contribution in [0.5, 0.6) is 0 Å². The number of hydrogen-bond acceptors (Lipinski definition) is 5. The summed E-state index contributed by atoms with van der Waals surface area (Å²) >= 11 is 0. The molecule has 152 valence electrons. The van der Waals surface area contributed by atoms with Gasteiger partial charge in [0.05, 0.1) is 11.8 Å². The Labute approximate surface area is 162 Å². The number of carboxylic acid groups (broad SMARTS) is 1. The second kappa shape index (κ2) is 8.39. The van der Waals surface area contributed by atoms with E-state index in [1.807, 2.05) is 33.9 Å². The van der Waals surface area contributed by atoms with Gasteiger partial charge < -0.3 is 19.6 Å². The van der Waals surface area contributed by atoms with E-state index >= 15 is 0 Å². The van der Waals surface area contributed by atoms with Crippen molar-refractivity contribution in [3.8, 4) is 0 Å². The summed E-state index contributed by atoms with van der Waals surface area (Å²) in [5.74, 6) is -1.17. The third-order valence-corrected chi connectivity index (χ3v) is 9.38. The molecule has 0 aliphatic carbocycles. The predicted octanol–water partition coefficient (Wildman–Crippen LogP) is 4.12. The number of nitrogens with zero attached hydrogens (tertiary/aromatic N) is 1. The van der Waals surface area contributed by atoms with Gasteiger partial charge in [0, 0.05) is 6.20 Å². The van der Waals surface area contributed by atoms with E-state index in [-0.39, 0.29) is 11.1 Å². The van der Waals surface area contributed by atoms with E-state index < -0.39 is 32.0 Å². The monoisotopic (exact) mass is 396 g/mol. The molecular formula is C19H32N2O5Si. The molecule has 0 unspecified atom stereocenters. The van der Waals surface area contributed by atoms with E-state index in [9.17, 15) is 14.7 Å². The van der Waals surface area contributed by atoms with Crippen LogP contribution in [0.2, 0.25) is 18.1 Å². The number of nitrogens with one attached hydrogen (secondary N) is 1. The average Bonchev–Trinajstić information content (AvgIpc) is 2.51. The molecule has 1 amide bonds. The molecule has 2 N–H and O–H groups in total. The first-order valence-electron chi connectivity index (χ1n) is 9.02. The zero-order valence-corrected chi connectivity index (χ0v) is 18.5. The van der Waals surface area contributed by atoms with Gasteiger partial charge in [0.1, 0.15) is 6.04 Å². The fraction of sp³-hybridized carbons (Fsp3) is 0.632. The summed E-state index contributed by atoms with van der Waals surface area (Å²) in [5.41, 5.74) is -1.32. The molecule has 0 bridgehead atoms. The van der Waals surface area contributed by atoms with E-state index in [0.717, 1.165) is 0 Å². The van der Waals surface area contributed by atoms with Crippen LogP contribution in [0.3, 0.4) is 0 Å². The summed E-state index contributed by atoms with van der Waals surface area (Å²) in [6.07, 6.45) is 0.491. The lowest BCUT2D eigenvalue weighted by Crippen LogP contribution is -2.58. The summed E-state index contributed by atoms with van der Waals surface area (Å²) in [5, 5.41) is 12.5. The van der Waals surface area contributed by atoms with Gasteiger partial charge in [-0.15, -0.1) is 0 Å². The first-order chi connectivity index (χ1) is 12.2. The van der Waals surface area contributed by atoms with E-state index in [4.69, 9.17) is 9.16 Å².